The van der Waals surface area contributed by atoms with E-state index in [2.05, 4.69) is 0 Å². The van der Waals surface area contributed by atoms with Crippen molar-refractivity contribution in [2.45, 2.75) is 36.5 Å². The molecule has 21 heavy (non-hydrogen) atoms. The van der Waals surface area contributed by atoms with E-state index in [0.29, 0.717) is 17.7 Å². The van der Waals surface area contributed by atoms with Gasteiger partial charge in [0.15, 0.2) is 0 Å². The molecule has 1 atom stereocenters. The van der Waals surface area contributed by atoms with Crippen LogP contribution in [-0.2, 0) is 16.6 Å². The van der Waals surface area contributed by atoms with Gasteiger partial charge in [-0.3, -0.25) is 0 Å². The lowest BCUT2D eigenvalue weighted by Crippen LogP contribution is -2.41. The number of benzene rings is 1. The summed E-state index contributed by atoms with van der Waals surface area (Å²) >= 11 is 0. The number of rotatable bonds is 3. The molecule has 0 amide bonds. The van der Waals surface area contributed by atoms with Gasteiger partial charge in [-0.05, 0) is 36.6 Å². The summed E-state index contributed by atoms with van der Waals surface area (Å²) in [5.74, 6) is 0. The van der Waals surface area contributed by atoms with Gasteiger partial charge < -0.3 is 10.6 Å². The van der Waals surface area contributed by atoms with Crippen LogP contribution in [-0.4, -0.2) is 27.2 Å². The average molecular weight is 323 g/mol. The molecule has 1 aliphatic heterocycles. The van der Waals surface area contributed by atoms with Gasteiger partial charge in [-0.15, -0.1) is 0 Å². The number of sulfonamides is 1. The summed E-state index contributed by atoms with van der Waals surface area (Å²) < 4.78 is 61.6. The molecule has 2 rings (SSSR count). The van der Waals surface area contributed by atoms with Crippen LogP contribution in [0, 0.1) is 0 Å². The molecule has 1 unspecified atom stereocenters. The van der Waals surface area contributed by atoms with Gasteiger partial charge in [-0.1, -0.05) is 0 Å². The van der Waals surface area contributed by atoms with Crippen LogP contribution < -0.4 is 15.8 Å². The van der Waals surface area contributed by atoms with Gasteiger partial charge in [0.1, 0.15) is 6.04 Å². The molecule has 118 valence electrons. The number of primary sulfonamides is 1. The minimum Gasteiger partial charge on any atom is -0.360 e. The Morgan fingerprint density at radius 3 is 2.52 bits per heavy atom. The van der Waals surface area contributed by atoms with Crippen molar-refractivity contribution in [1.29, 1.82) is 0 Å². The highest BCUT2D eigenvalue weighted by molar-refractivity contribution is 7.89. The van der Waals surface area contributed by atoms with Crippen LogP contribution in [0.15, 0.2) is 23.1 Å². The Morgan fingerprint density at radius 1 is 1.33 bits per heavy atom. The number of hydrogen-bond acceptors (Lipinski definition) is 4. The number of halogens is 3. The number of hydrogen-bond donors (Lipinski definition) is 2. The van der Waals surface area contributed by atoms with E-state index in [-0.39, 0.29) is 24.4 Å². The standard InChI is InChI=1S/C12H16F3N3O2S/c13-12(14,15)11-2-1-5-18(11)10-4-3-9(21(17,19)20)6-8(10)7-16/h3-4,6,11H,1-2,5,7,16H2,(H2,17,19,20). The summed E-state index contributed by atoms with van der Waals surface area (Å²) in [7, 11) is -3.91. The summed E-state index contributed by atoms with van der Waals surface area (Å²) in [6.45, 7) is 0.186. The van der Waals surface area contributed by atoms with Crippen molar-refractivity contribution in [3.63, 3.8) is 0 Å². The molecule has 0 radical (unpaired) electrons. The lowest BCUT2D eigenvalue weighted by molar-refractivity contribution is -0.146. The predicted molar refractivity (Wildman–Crippen MR) is 72.1 cm³/mol. The Morgan fingerprint density at radius 2 is 2.00 bits per heavy atom. The van der Waals surface area contributed by atoms with E-state index in [1.807, 2.05) is 0 Å². The molecule has 4 N–H and O–H groups in total. The Balaban J connectivity index is 2.45. The van der Waals surface area contributed by atoms with Crippen LogP contribution in [0.2, 0.25) is 0 Å². The highest BCUT2D eigenvalue weighted by Crippen LogP contribution is 2.37. The van der Waals surface area contributed by atoms with Crippen LogP contribution in [0.3, 0.4) is 0 Å². The van der Waals surface area contributed by atoms with Gasteiger partial charge >= 0.3 is 6.18 Å². The molecular formula is C12H16F3N3O2S. The summed E-state index contributed by atoms with van der Waals surface area (Å²) in [5.41, 5.74) is 6.18. The SMILES string of the molecule is NCc1cc(S(N)(=O)=O)ccc1N1CCCC1C(F)(F)F. The third kappa shape index (κ3) is 3.30. The quantitative estimate of drug-likeness (QED) is 0.878. The van der Waals surface area contributed by atoms with Gasteiger partial charge in [0.25, 0.3) is 0 Å². The van der Waals surface area contributed by atoms with Crippen LogP contribution in [0.4, 0.5) is 18.9 Å². The Labute approximate surface area is 120 Å². The van der Waals surface area contributed by atoms with E-state index in [0.717, 1.165) is 0 Å². The molecular weight excluding hydrogens is 307 g/mol. The van der Waals surface area contributed by atoms with E-state index in [1.54, 1.807) is 0 Å². The van der Waals surface area contributed by atoms with E-state index >= 15 is 0 Å². The second kappa shape index (κ2) is 5.47. The van der Waals surface area contributed by atoms with Crippen LogP contribution >= 0.6 is 0 Å². The molecule has 0 bridgehead atoms. The number of nitrogens with zero attached hydrogens (tertiary/aromatic N) is 1. The molecule has 0 spiro atoms. The Kier molecular flexibility index (Phi) is 4.18. The van der Waals surface area contributed by atoms with Crippen molar-refractivity contribution in [3.8, 4) is 0 Å². The Hall–Kier alpha value is -1.32. The molecule has 1 saturated heterocycles. The van der Waals surface area contributed by atoms with Crippen molar-refractivity contribution in [1.82, 2.24) is 0 Å². The monoisotopic (exact) mass is 323 g/mol. The van der Waals surface area contributed by atoms with Gasteiger partial charge in [0.2, 0.25) is 10.0 Å². The van der Waals surface area contributed by atoms with E-state index < -0.39 is 22.2 Å². The van der Waals surface area contributed by atoms with Crippen molar-refractivity contribution in [2.75, 3.05) is 11.4 Å². The summed E-state index contributed by atoms with van der Waals surface area (Å²) in [5, 5.41) is 5.02. The molecule has 1 heterocycles. The molecule has 0 saturated carbocycles. The normalized spacial score (nSPS) is 20.0. The van der Waals surface area contributed by atoms with Gasteiger partial charge in [0.05, 0.1) is 4.90 Å². The van der Waals surface area contributed by atoms with Crippen LogP contribution in [0.1, 0.15) is 18.4 Å². The molecule has 0 aromatic heterocycles. The second-order valence-corrected chi connectivity index (χ2v) is 6.49. The Bertz CT molecular complexity index is 631. The molecule has 1 fully saturated rings. The molecule has 9 heteroatoms. The molecule has 1 aromatic carbocycles. The van der Waals surface area contributed by atoms with Crippen molar-refractivity contribution >= 4 is 15.7 Å². The van der Waals surface area contributed by atoms with Gasteiger partial charge in [-0.2, -0.15) is 13.2 Å². The molecule has 0 aliphatic carbocycles. The van der Waals surface area contributed by atoms with E-state index in [4.69, 9.17) is 10.9 Å². The predicted octanol–water partition coefficient (Wildman–Crippen LogP) is 1.32. The zero-order valence-corrected chi connectivity index (χ0v) is 11.9. The van der Waals surface area contributed by atoms with E-state index in [1.165, 1.54) is 23.1 Å². The van der Waals surface area contributed by atoms with Crippen molar-refractivity contribution < 1.29 is 21.6 Å². The second-order valence-electron chi connectivity index (χ2n) is 4.93. The van der Waals surface area contributed by atoms with E-state index in [9.17, 15) is 21.6 Å². The van der Waals surface area contributed by atoms with Gasteiger partial charge in [0, 0.05) is 18.8 Å². The lowest BCUT2D eigenvalue weighted by atomic mass is 10.1. The third-order valence-electron chi connectivity index (χ3n) is 3.54. The summed E-state index contributed by atoms with van der Waals surface area (Å²) in [4.78, 5) is 1.07. The maximum absolute atomic E-state index is 13.0. The fraction of sp³-hybridized carbons (Fsp3) is 0.500. The van der Waals surface area contributed by atoms with Crippen LogP contribution in [0.25, 0.3) is 0 Å². The topological polar surface area (TPSA) is 89.4 Å². The fourth-order valence-corrected chi connectivity index (χ4v) is 3.14. The fourth-order valence-electron chi connectivity index (χ4n) is 2.58. The minimum absolute atomic E-state index is 0.0183. The highest BCUT2D eigenvalue weighted by Gasteiger charge is 2.46. The smallest absolute Gasteiger partial charge is 0.360 e. The molecule has 5 nitrogen and oxygen atoms in total. The largest absolute Gasteiger partial charge is 0.408 e. The first kappa shape index (κ1) is 16.1. The third-order valence-corrected chi connectivity index (χ3v) is 4.45. The maximum atomic E-state index is 13.0. The minimum atomic E-state index is -4.33. The number of anilines is 1. The first-order chi connectivity index (χ1) is 9.64. The first-order valence-electron chi connectivity index (χ1n) is 6.33. The first-order valence-corrected chi connectivity index (χ1v) is 7.88. The van der Waals surface area contributed by atoms with Crippen molar-refractivity contribution in [2.24, 2.45) is 10.9 Å². The van der Waals surface area contributed by atoms with Gasteiger partial charge in [-0.25, -0.2) is 13.6 Å². The maximum Gasteiger partial charge on any atom is 0.408 e. The summed E-state index contributed by atoms with van der Waals surface area (Å²) in [6, 6.07) is 2.21. The number of nitrogens with two attached hydrogens (primary N) is 2. The van der Waals surface area contributed by atoms with Crippen LogP contribution in [0.5, 0.6) is 0 Å². The molecule has 1 aliphatic rings. The number of alkyl halides is 3. The zero-order chi connectivity index (χ0) is 15.8. The lowest BCUT2D eigenvalue weighted by Gasteiger charge is -2.30. The summed E-state index contributed by atoms with van der Waals surface area (Å²) in [6.07, 6.45) is -3.89. The average Bonchev–Trinajstić information content (AvgIpc) is 2.85. The molecule has 1 aromatic rings. The van der Waals surface area contributed by atoms with Crippen molar-refractivity contribution in [3.05, 3.63) is 23.8 Å². The highest BCUT2D eigenvalue weighted by atomic mass is 32.2. The zero-order valence-electron chi connectivity index (χ0n) is 11.1.